The van der Waals surface area contributed by atoms with Crippen LogP contribution in [0.4, 0.5) is 5.69 Å². The van der Waals surface area contributed by atoms with Gasteiger partial charge in [-0.2, -0.15) is 0 Å². The number of benzene rings is 1. The molecule has 0 atom stereocenters. The third-order valence-electron chi connectivity index (χ3n) is 3.14. The number of carbonyl (C=O) groups is 1. The third kappa shape index (κ3) is 2.45. The molecular weight excluding hydrogens is 284 g/mol. The van der Waals surface area contributed by atoms with Crippen LogP contribution in [0.5, 0.6) is 5.75 Å². The van der Waals surface area contributed by atoms with Crippen LogP contribution in [0, 0.1) is 5.41 Å². The van der Waals surface area contributed by atoms with E-state index in [1.54, 1.807) is 7.11 Å². The Balaban J connectivity index is 2.09. The van der Waals surface area contributed by atoms with Gasteiger partial charge in [-0.1, -0.05) is 0 Å². The Morgan fingerprint density at radius 2 is 2.29 bits per heavy atom. The Morgan fingerprint density at radius 1 is 1.59 bits per heavy atom. The fourth-order valence-electron chi connectivity index (χ4n) is 1.68. The number of ether oxygens (including phenoxy) is 1. The van der Waals surface area contributed by atoms with Gasteiger partial charge in [0.25, 0.3) is 0 Å². The lowest BCUT2D eigenvalue weighted by Gasteiger charge is -2.13. The summed E-state index contributed by atoms with van der Waals surface area (Å²) in [6.45, 7) is 0.413. The topological polar surface area (TPSA) is 64.3 Å². The van der Waals surface area contributed by atoms with Gasteiger partial charge in [0, 0.05) is 12.2 Å². The normalized spacial score (nSPS) is 16.4. The molecule has 1 fully saturated rings. The molecular formula is C12H15BrN2O2. The van der Waals surface area contributed by atoms with Crippen molar-refractivity contribution in [2.45, 2.75) is 12.8 Å². The minimum Gasteiger partial charge on any atom is -0.496 e. The van der Waals surface area contributed by atoms with Crippen molar-refractivity contribution in [2.24, 2.45) is 11.1 Å². The first kappa shape index (κ1) is 12.4. The van der Waals surface area contributed by atoms with Crippen LogP contribution in [-0.4, -0.2) is 19.6 Å². The maximum Gasteiger partial charge on any atom is 0.231 e. The van der Waals surface area contributed by atoms with E-state index < -0.39 is 0 Å². The number of anilines is 1. The summed E-state index contributed by atoms with van der Waals surface area (Å²) >= 11 is 3.38. The second kappa shape index (κ2) is 4.66. The Kier molecular flexibility index (Phi) is 3.40. The fourth-order valence-corrected chi connectivity index (χ4v) is 2.22. The predicted octanol–water partition coefficient (Wildman–Crippen LogP) is 2.14. The van der Waals surface area contributed by atoms with Crippen molar-refractivity contribution in [3.05, 3.63) is 22.7 Å². The molecule has 1 saturated carbocycles. The Bertz CT molecular complexity index is 444. The van der Waals surface area contributed by atoms with Crippen molar-refractivity contribution in [1.29, 1.82) is 0 Å². The highest BCUT2D eigenvalue weighted by Crippen LogP contribution is 2.45. The zero-order valence-corrected chi connectivity index (χ0v) is 11.2. The highest BCUT2D eigenvalue weighted by atomic mass is 79.9. The fraction of sp³-hybridized carbons (Fsp3) is 0.417. The molecule has 1 aliphatic rings. The highest BCUT2D eigenvalue weighted by molar-refractivity contribution is 9.10. The van der Waals surface area contributed by atoms with Gasteiger partial charge in [-0.05, 0) is 47.0 Å². The van der Waals surface area contributed by atoms with Crippen molar-refractivity contribution in [3.8, 4) is 5.75 Å². The van der Waals surface area contributed by atoms with Crippen molar-refractivity contribution >= 4 is 27.5 Å². The van der Waals surface area contributed by atoms with E-state index >= 15 is 0 Å². The summed E-state index contributed by atoms with van der Waals surface area (Å²) in [5, 5.41) is 2.88. The van der Waals surface area contributed by atoms with Gasteiger partial charge in [0.15, 0.2) is 0 Å². The predicted molar refractivity (Wildman–Crippen MR) is 70.0 cm³/mol. The smallest absolute Gasteiger partial charge is 0.231 e. The van der Waals surface area contributed by atoms with E-state index in [1.165, 1.54) is 0 Å². The van der Waals surface area contributed by atoms with Gasteiger partial charge in [0.1, 0.15) is 5.75 Å². The second-order valence-electron chi connectivity index (χ2n) is 4.29. The monoisotopic (exact) mass is 298 g/mol. The number of amides is 1. The van der Waals surface area contributed by atoms with Crippen LogP contribution < -0.4 is 15.8 Å². The molecule has 0 unspecified atom stereocenters. The zero-order chi connectivity index (χ0) is 12.5. The van der Waals surface area contributed by atoms with Crippen molar-refractivity contribution in [3.63, 3.8) is 0 Å². The summed E-state index contributed by atoms with van der Waals surface area (Å²) in [5.41, 5.74) is 6.03. The molecule has 1 aromatic carbocycles. The van der Waals surface area contributed by atoms with Crippen LogP contribution in [0.15, 0.2) is 22.7 Å². The minimum atomic E-state index is -0.327. The van der Waals surface area contributed by atoms with Gasteiger partial charge in [0.2, 0.25) is 5.91 Å². The van der Waals surface area contributed by atoms with Gasteiger partial charge in [-0.3, -0.25) is 4.79 Å². The lowest BCUT2D eigenvalue weighted by Crippen LogP contribution is -2.30. The maximum atomic E-state index is 12.0. The SMILES string of the molecule is COc1ccc(NC(=O)C2(CN)CC2)cc1Br. The van der Waals surface area contributed by atoms with Crippen molar-refractivity contribution in [1.82, 2.24) is 0 Å². The number of carbonyl (C=O) groups excluding carboxylic acids is 1. The molecule has 5 heteroatoms. The largest absolute Gasteiger partial charge is 0.496 e. The first-order valence-corrected chi connectivity index (χ1v) is 6.26. The van der Waals surface area contributed by atoms with Crippen LogP contribution >= 0.6 is 15.9 Å². The Morgan fingerprint density at radius 3 is 2.76 bits per heavy atom. The Labute approximate surface area is 109 Å². The molecule has 0 aromatic heterocycles. The standard InChI is InChI=1S/C12H15BrN2O2/c1-17-10-3-2-8(6-9(10)13)15-11(16)12(7-14)4-5-12/h2-3,6H,4-5,7,14H2,1H3,(H,15,16). The van der Waals surface area contributed by atoms with Crippen molar-refractivity contribution < 1.29 is 9.53 Å². The molecule has 0 heterocycles. The molecule has 17 heavy (non-hydrogen) atoms. The summed E-state index contributed by atoms with van der Waals surface area (Å²) in [7, 11) is 1.60. The second-order valence-corrected chi connectivity index (χ2v) is 5.14. The molecule has 2 rings (SSSR count). The number of methoxy groups -OCH3 is 1. The number of hydrogen-bond donors (Lipinski definition) is 2. The number of halogens is 1. The van der Waals surface area contributed by atoms with Gasteiger partial charge in [-0.25, -0.2) is 0 Å². The van der Waals surface area contributed by atoms with Crippen LogP contribution in [-0.2, 0) is 4.79 Å². The van der Waals surface area contributed by atoms with Gasteiger partial charge in [0.05, 0.1) is 17.0 Å². The number of nitrogens with one attached hydrogen (secondary N) is 1. The molecule has 0 spiro atoms. The van der Waals surface area contributed by atoms with E-state index in [4.69, 9.17) is 10.5 Å². The highest BCUT2D eigenvalue weighted by Gasteiger charge is 2.48. The Hall–Kier alpha value is -1.07. The van der Waals surface area contributed by atoms with Crippen molar-refractivity contribution in [2.75, 3.05) is 19.0 Å². The van der Waals surface area contributed by atoms with Gasteiger partial charge in [-0.15, -0.1) is 0 Å². The number of rotatable bonds is 4. The minimum absolute atomic E-state index is 0.0112. The first-order chi connectivity index (χ1) is 8.11. The van der Waals surface area contributed by atoms with Gasteiger partial charge >= 0.3 is 0 Å². The zero-order valence-electron chi connectivity index (χ0n) is 9.63. The van der Waals surface area contributed by atoms with E-state index in [2.05, 4.69) is 21.2 Å². The lowest BCUT2D eigenvalue weighted by molar-refractivity contribution is -0.120. The lowest BCUT2D eigenvalue weighted by atomic mass is 10.1. The average Bonchev–Trinajstić information content (AvgIpc) is 3.10. The van der Waals surface area contributed by atoms with Crippen LogP contribution in [0.2, 0.25) is 0 Å². The first-order valence-electron chi connectivity index (χ1n) is 5.46. The molecule has 0 bridgehead atoms. The van der Waals surface area contributed by atoms with E-state index in [-0.39, 0.29) is 11.3 Å². The number of nitrogens with two attached hydrogens (primary N) is 1. The summed E-state index contributed by atoms with van der Waals surface area (Å²) in [6.07, 6.45) is 1.76. The molecule has 1 amide bonds. The molecule has 0 radical (unpaired) electrons. The molecule has 4 nitrogen and oxygen atoms in total. The van der Waals surface area contributed by atoms with Crippen LogP contribution in [0.25, 0.3) is 0 Å². The average molecular weight is 299 g/mol. The quantitative estimate of drug-likeness (QED) is 0.895. The molecule has 3 N–H and O–H groups in total. The molecule has 0 aliphatic heterocycles. The molecule has 1 aromatic rings. The number of hydrogen-bond acceptors (Lipinski definition) is 3. The van der Waals surface area contributed by atoms with Crippen LogP contribution in [0.1, 0.15) is 12.8 Å². The molecule has 1 aliphatic carbocycles. The van der Waals surface area contributed by atoms with E-state index in [1.807, 2.05) is 18.2 Å². The van der Waals surface area contributed by atoms with Crippen LogP contribution in [0.3, 0.4) is 0 Å². The summed E-state index contributed by atoms with van der Waals surface area (Å²) in [6, 6.07) is 5.44. The summed E-state index contributed by atoms with van der Waals surface area (Å²) < 4.78 is 5.94. The summed E-state index contributed by atoms with van der Waals surface area (Å²) in [4.78, 5) is 12.0. The molecule has 0 saturated heterocycles. The maximum absolute atomic E-state index is 12.0. The van der Waals surface area contributed by atoms with Gasteiger partial charge < -0.3 is 15.8 Å². The molecule has 92 valence electrons. The summed E-state index contributed by atoms with van der Waals surface area (Å²) in [5.74, 6) is 0.750. The van der Waals surface area contributed by atoms with E-state index in [0.29, 0.717) is 6.54 Å². The van der Waals surface area contributed by atoms with E-state index in [9.17, 15) is 4.79 Å². The van der Waals surface area contributed by atoms with E-state index in [0.717, 1.165) is 28.8 Å². The third-order valence-corrected chi connectivity index (χ3v) is 3.76.